The van der Waals surface area contributed by atoms with E-state index in [0.717, 1.165) is 23.5 Å². The summed E-state index contributed by atoms with van der Waals surface area (Å²) in [7, 11) is 3.34. The molecule has 3 heteroatoms. The third-order valence-electron chi connectivity index (χ3n) is 2.51. The van der Waals surface area contributed by atoms with E-state index in [0.29, 0.717) is 11.8 Å². The molecular weight excluding hydrogens is 212 g/mol. The molecule has 0 N–H and O–H groups in total. The van der Waals surface area contributed by atoms with Crippen molar-refractivity contribution < 1.29 is 9.47 Å². The molecule has 2 nitrogen and oxygen atoms in total. The van der Waals surface area contributed by atoms with E-state index >= 15 is 0 Å². The molecule has 1 rings (SSSR count). The van der Waals surface area contributed by atoms with Crippen molar-refractivity contribution in [2.24, 2.45) is 0 Å². The summed E-state index contributed by atoms with van der Waals surface area (Å²) in [5, 5.41) is 0. The fourth-order valence-electron chi connectivity index (χ4n) is 1.54. The van der Waals surface area contributed by atoms with Gasteiger partial charge in [-0.25, -0.2) is 0 Å². The fourth-order valence-corrected chi connectivity index (χ4v) is 1.87. The highest BCUT2D eigenvalue weighted by molar-refractivity contribution is 6.17. The third-order valence-corrected chi connectivity index (χ3v) is 2.73. The van der Waals surface area contributed by atoms with Crippen LogP contribution < -0.4 is 9.47 Å². The largest absolute Gasteiger partial charge is 0.497 e. The molecule has 0 bridgehead atoms. The summed E-state index contributed by atoms with van der Waals surface area (Å²) in [5.74, 6) is 2.79. The molecule has 0 spiro atoms. The van der Waals surface area contributed by atoms with E-state index in [1.807, 2.05) is 18.2 Å². The maximum absolute atomic E-state index is 5.74. The van der Waals surface area contributed by atoms with Gasteiger partial charge < -0.3 is 9.47 Å². The zero-order chi connectivity index (χ0) is 11.3. The Morgan fingerprint density at radius 2 is 2.00 bits per heavy atom. The maximum atomic E-state index is 5.74. The van der Waals surface area contributed by atoms with Crippen LogP contribution in [0.15, 0.2) is 18.2 Å². The molecule has 0 aromatic heterocycles. The van der Waals surface area contributed by atoms with Crippen LogP contribution in [0.4, 0.5) is 0 Å². The summed E-state index contributed by atoms with van der Waals surface area (Å²) in [6.45, 7) is 2.14. The molecule has 0 heterocycles. The van der Waals surface area contributed by atoms with Crippen molar-refractivity contribution in [3.05, 3.63) is 23.8 Å². The Bertz CT molecular complexity index is 312. The van der Waals surface area contributed by atoms with E-state index < -0.39 is 0 Å². The molecular formula is C12H17ClO2. The molecule has 0 aliphatic heterocycles. The highest BCUT2D eigenvalue weighted by Gasteiger charge is 2.12. The van der Waals surface area contributed by atoms with Crippen LogP contribution in [0.2, 0.25) is 0 Å². The first-order chi connectivity index (χ1) is 7.22. The van der Waals surface area contributed by atoms with E-state index in [9.17, 15) is 0 Å². The molecule has 0 saturated carbocycles. The van der Waals surface area contributed by atoms with Crippen LogP contribution in [0, 0.1) is 0 Å². The predicted octanol–water partition coefficient (Wildman–Crippen LogP) is 3.44. The second-order valence-electron chi connectivity index (χ2n) is 3.49. The monoisotopic (exact) mass is 228 g/mol. The van der Waals surface area contributed by atoms with E-state index in [1.165, 1.54) is 0 Å². The zero-order valence-corrected chi connectivity index (χ0v) is 10.2. The van der Waals surface area contributed by atoms with Gasteiger partial charge in [-0.05, 0) is 30.5 Å². The van der Waals surface area contributed by atoms with Gasteiger partial charge in [0.1, 0.15) is 11.5 Å². The Morgan fingerprint density at radius 3 is 2.53 bits per heavy atom. The minimum Gasteiger partial charge on any atom is -0.497 e. The summed E-state index contributed by atoms with van der Waals surface area (Å²) in [5.41, 5.74) is 1.15. The van der Waals surface area contributed by atoms with Crippen LogP contribution >= 0.6 is 11.6 Å². The molecule has 0 saturated heterocycles. The molecule has 1 aromatic rings. The lowest BCUT2D eigenvalue weighted by atomic mass is 9.97. The SMILES string of the molecule is COc1ccc(OC)c(C(C)CCCl)c1. The number of hydrogen-bond acceptors (Lipinski definition) is 2. The Labute approximate surface area is 96.2 Å². The normalized spacial score (nSPS) is 12.3. The molecule has 15 heavy (non-hydrogen) atoms. The maximum Gasteiger partial charge on any atom is 0.122 e. The number of rotatable bonds is 5. The first kappa shape index (κ1) is 12.2. The van der Waals surface area contributed by atoms with Gasteiger partial charge in [-0.2, -0.15) is 0 Å². The number of benzene rings is 1. The fraction of sp³-hybridized carbons (Fsp3) is 0.500. The molecule has 84 valence electrons. The van der Waals surface area contributed by atoms with Crippen molar-refractivity contribution >= 4 is 11.6 Å². The average Bonchev–Trinajstić information content (AvgIpc) is 2.28. The Balaban J connectivity index is 3.00. The van der Waals surface area contributed by atoms with Gasteiger partial charge in [0, 0.05) is 11.4 Å². The van der Waals surface area contributed by atoms with Crippen molar-refractivity contribution in [1.29, 1.82) is 0 Å². The third kappa shape index (κ3) is 3.03. The Hall–Kier alpha value is -0.890. The van der Waals surface area contributed by atoms with Crippen molar-refractivity contribution in [3.8, 4) is 11.5 Å². The molecule has 1 atom stereocenters. The van der Waals surface area contributed by atoms with Crippen LogP contribution in [-0.2, 0) is 0 Å². The van der Waals surface area contributed by atoms with E-state index in [1.54, 1.807) is 14.2 Å². The van der Waals surface area contributed by atoms with Gasteiger partial charge in [0.25, 0.3) is 0 Å². The van der Waals surface area contributed by atoms with Crippen LogP contribution in [0.5, 0.6) is 11.5 Å². The zero-order valence-electron chi connectivity index (χ0n) is 9.42. The Kier molecular flexibility index (Phi) is 4.76. The number of ether oxygens (including phenoxy) is 2. The van der Waals surface area contributed by atoms with Gasteiger partial charge in [-0.1, -0.05) is 6.92 Å². The van der Waals surface area contributed by atoms with Gasteiger partial charge in [0.05, 0.1) is 14.2 Å². The lowest BCUT2D eigenvalue weighted by molar-refractivity contribution is 0.395. The number of halogens is 1. The van der Waals surface area contributed by atoms with Crippen molar-refractivity contribution in [2.45, 2.75) is 19.3 Å². The van der Waals surface area contributed by atoms with Crippen molar-refractivity contribution in [1.82, 2.24) is 0 Å². The van der Waals surface area contributed by atoms with Crippen LogP contribution in [0.25, 0.3) is 0 Å². The minimum absolute atomic E-state index is 0.382. The summed E-state index contributed by atoms with van der Waals surface area (Å²) >= 11 is 5.74. The highest BCUT2D eigenvalue weighted by atomic mass is 35.5. The number of hydrogen-bond donors (Lipinski definition) is 0. The average molecular weight is 229 g/mol. The van der Waals surface area contributed by atoms with Crippen LogP contribution in [0.3, 0.4) is 0 Å². The summed E-state index contributed by atoms with van der Waals surface area (Å²) in [6, 6.07) is 5.84. The van der Waals surface area contributed by atoms with Gasteiger partial charge >= 0.3 is 0 Å². The van der Waals surface area contributed by atoms with Crippen LogP contribution in [-0.4, -0.2) is 20.1 Å². The van der Waals surface area contributed by atoms with Gasteiger partial charge in [-0.15, -0.1) is 11.6 Å². The van der Waals surface area contributed by atoms with Gasteiger partial charge in [0.2, 0.25) is 0 Å². The summed E-state index contributed by atoms with van der Waals surface area (Å²) < 4.78 is 10.5. The molecule has 0 aliphatic rings. The molecule has 1 unspecified atom stereocenters. The second-order valence-corrected chi connectivity index (χ2v) is 3.86. The predicted molar refractivity (Wildman–Crippen MR) is 63.3 cm³/mol. The first-order valence-electron chi connectivity index (χ1n) is 5.00. The summed E-state index contributed by atoms with van der Waals surface area (Å²) in [4.78, 5) is 0. The Morgan fingerprint density at radius 1 is 1.27 bits per heavy atom. The number of methoxy groups -OCH3 is 2. The lowest BCUT2D eigenvalue weighted by Crippen LogP contribution is -1.99. The van der Waals surface area contributed by atoms with Crippen molar-refractivity contribution in [2.75, 3.05) is 20.1 Å². The lowest BCUT2D eigenvalue weighted by Gasteiger charge is -2.15. The second kappa shape index (κ2) is 5.86. The highest BCUT2D eigenvalue weighted by Crippen LogP contribution is 2.32. The minimum atomic E-state index is 0.382. The standard InChI is InChI=1S/C12H17ClO2/c1-9(6-7-13)11-8-10(14-2)4-5-12(11)15-3/h4-5,8-9H,6-7H2,1-3H3. The topological polar surface area (TPSA) is 18.5 Å². The van der Waals surface area contributed by atoms with Crippen molar-refractivity contribution in [3.63, 3.8) is 0 Å². The van der Waals surface area contributed by atoms with E-state index in [4.69, 9.17) is 21.1 Å². The quantitative estimate of drug-likeness (QED) is 0.719. The molecule has 0 aliphatic carbocycles. The molecule has 0 amide bonds. The van der Waals surface area contributed by atoms with Gasteiger partial charge in [-0.3, -0.25) is 0 Å². The van der Waals surface area contributed by atoms with Crippen LogP contribution in [0.1, 0.15) is 24.8 Å². The summed E-state index contributed by atoms with van der Waals surface area (Å²) in [6.07, 6.45) is 0.936. The van der Waals surface area contributed by atoms with E-state index in [2.05, 4.69) is 6.92 Å². The number of alkyl halides is 1. The molecule has 0 radical (unpaired) electrons. The van der Waals surface area contributed by atoms with Gasteiger partial charge in [0.15, 0.2) is 0 Å². The van der Waals surface area contributed by atoms with E-state index in [-0.39, 0.29) is 0 Å². The molecule has 0 fully saturated rings. The smallest absolute Gasteiger partial charge is 0.122 e. The first-order valence-corrected chi connectivity index (χ1v) is 5.54. The molecule has 1 aromatic carbocycles.